The zero-order chi connectivity index (χ0) is 13.9. The van der Waals surface area contributed by atoms with Gasteiger partial charge in [0.25, 0.3) is 0 Å². The van der Waals surface area contributed by atoms with E-state index in [0.717, 1.165) is 0 Å². The predicted octanol–water partition coefficient (Wildman–Crippen LogP) is 0.729. The van der Waals surface area contributed by atoms with E-state index in [1.165, 1.54) is 11.1 Å². The molecule has 0 bridgehead atoms. The lowest BCUT2D eigenvalue weighted by molar-refractivity contribution is -0.121. The highest BCUT2D eigenvalue weighted by Gasteiger charge is 2.23. The fourth-order valence-electron chi connectivity index (χ4n) is 2.20. The minimum absolute atomic E-state index is 0.0131. The second kappa shape index (κ2) is 5.42. The zero-order valence-electron chi connectivity index (χ0n) is 11.2. The molecular formula is C14H16N4O2. The van der Waals surface area contributed by atoms with Crippen molar-refractivity contribution in [2.75, 3.05) is 13.1 Å². The standard InChI is InChI=1S/C14H16N4O2/c1-9-4-2-3-5-10(9)6-12-17-14(20-18-12)11-7-16-13(19)8-15-11/h2-5,11,15H,6-8H2,1H3,(H,16,19). The molecule has 2 N–H and O–H groups in total. The summed E-state index contributed by atoms with van der Waals surface area (Å²) >= 11 is 0. The topological polar surface area (TPSA) is 80.0 Å². The van der Waals surface area contributed by atoms with Crippen molar-refractivity contribution in [3.05, 3.63) is 47.1 Å². The molecule has 2 aromatic rings. The van der Waals surface area contributed by atoms with Crippen molar-refractivity contribution in [1.82, 2.24) is 20.8 Å². The molecule has 1 atom stereocenters. The average molecular weight is 272 g/mol. The lowest BCUT2D eigenvalue weighted by Gasteiger charge is -2.20. The molecule has 1 aliphatic heterocycles. The fourth-order valence-corrected chi connectivity index (χ4v) is 2.20. The molecule has 1 aromatic heterocycles. The largest absolute Gasteiger partial charge is 0.353 e. The Kier molecular flexibility index (Phi) is 3.47. The molecule has 0 saturated carbocycles. The van der Waals surface area contributed by atoms with Crippen molar-refractivity contribution in [2.45, 2.75) is 19.4 Å². The van der Waals surface area contributed by atoms with E-state index in [2.05, 4.69) is 39.8 Å². The number of rotatable bonds is 3. The third kappa shape index (κ3) is 2.70. The highest BCUT2D eigenvalue weighted by atomic mass is 16.5. The van der Waals surface area contributed by atoms with Gasteiger partial charge in [-0.25, -0.2) is 0 Å². The predicted molar refractivity (Wildman–Crippen MR) is 72.0 cm³/mol. The highest BCUT2D eigenvalue weighted by molar-refractivity contribution is 5.78. The van der Waals surface area contributed by atoms with Gasteiger partial charge in [0.1, 0.15) is 6.04 Å². The van der Waals surface area contributed by atoms with Gasteiger partial charge in [0.2, 0.25) is 11.8 Å². The van der Waals surface area contributed by atoms with Crippen LogP contribution in [-0.2, 0) is 11.2 Å². The van der Waals surface area contributed by atoms with Gasteiger partial charge in [-0.2, -0.15) is 4.98 Å². The number of piperazine rings is 1. The first-order chi connectivity index (χ1) is 9.72. The molecule has 1 fully saturated rings. The minimum Gasteiger partial charge on any atom is -0.353 e. The summed E-state index contributed by atoms with van der Waals surface area (Å²) in [6.07, 6.45) is 0.648. The molecule has 0 aliphatic carbocycles. The van der Waals surface area contributed by atoms with Crippen molar-refractivity contribution in [1.29, 1.82) is 0 Å². The van der Waals surface area contributed by atoms with Crippen molar-refractivity contribution >= 4 is 5.91 Å². The van der Waals surface area contributed by atoms with Crippen LogP contribution in [0.5, 0.6) is 0 Å². The summed E-state index contributed by atoms with van der Waals surface area (Å²) in [5.41, 5.74) is 2.40. The number of amides is 1. The molecule has 2 heterocycles. The molecule has 104 valence electrons. The number of nitrogens with zero attached hydrogens (tertiary/aromatic N) is 2. The maximum atomic E-state index is 11.1. The van der Waals surface area contributed by atoms with E-state index < -0.39 is 0 Å². The van der Waals surface area contributed by atoms with Gasteiger partial charge in [-0.05, 0) is 18.1 Å². The molecule has 1 aromatic carbocycles. The maximum Gasteiger partial charge on any atom is 0.245 e. The Balaban J connectivity index is 1.71. The number of carbonyl (C=O) groups excluding carboxylic acids is 1. The summed E-state index contributed by atoms with van der Waals surface area (Å²) in [6.45, 7) is 2.82. The Morgan fingerprint density at radius 3 is 3.00 bits per heavy atom. The molecule has 6 heteroatoms. The molecule has 6 nitrogen and oxygen atoms in total. The molecule has 20 heavy (non-hydrogen) atoms. The first-order valence-corrected chi connectivity index (χ1v) is 6.59. The average Bonchev–Trinajstić information content (AvgIpc) is 2.91. The van der Waals surface area contributed by atoms with Gasteiger partial charge in [0, 0.05) is 13.0 Å². The van der Waals surface area contributed by atoms with Crippen molar-refractivity contribution in [2.24, 2.45) is 0 Å². The van der Waals surface area contributed by atoms with Gasteiger partial charge in [-0.15, -0.1) is 0 Å². The van der Waals surface area contributed by atoms with Gasteiger partial charge in [0.15, 0.2) is 5.82 Å². The summed E-state index contributed by atoms with van der Waals surface area (Å²) in [6, 6.07) is 8.03. The van der Waals surface area contributed by atoms with Crippen LogP contribution in [0.4, 0.5) is 0 Å². The van der Waals surface area contributed by atoms with Crippen LogP contribution < -0.4 is 10.6 Å². The number of hydrogen-bond donors (Lipinski definition) is 2. The van der Waals surface area contributed by atoms with Crippen molar-refractivity contribution in [3.63, 3.8) is 0 Å². The van der Waals surface area contributed by atoms with Gasteiger partial charge in [-0.1, -0.05) is 29.4 Å². The van der Waals surface area contributed by atoms with Crippen molar-refractivity contribution < 1.29 is 9.32 Å². The quantitative estimate of drug-likeness (QED) is 0.861. The number of aryl methyl sites for hydroxylation is 1. The van der Waals surface area contributed by atoms with E-state index in [-0.39, 0.29) is 18.5 Å². The van der Waals surface area contributed by atoms with Crippen LogP contribution in [0.1, 0.15) is 28.9 Å². The molecule has 1 saturated heterocycles. The van der Waals surface area contributed by atoms with E-state index in [4.69, 9.17) is 4.52 Å². The fraction of sp³-hybridized carbons (Fsp3) is 0.357. The second-order valence-corrected chi connectivity index (χ2v) is 4.89. The molecular weight excluding hydrogens is 256 g/mol. The van der Waals surface area contributed by atoms with Crippen LogP contribution in [0.15, 0.2) is 28.8 Å². The molecule has 0 spiro atoms. The van der Waals surface area contributed by atoms with E-state index in [0.29, 0.717) is 24.7 Å². The van der Waals surface area contributed by atoms with Crippen LogP contribution in [-0.4, -0.2) is 29.1 Å². The number of aromatic nitrogens is 2. The van der Waals surface area contributed by atoms with E-state index in [1.54, 1.807) is 0 Å². The second-order valence-electron chi connectivity index (χ2n) is 4.89. The smallest absolute Gasteiger partial charge is 0.245 e. The van der Waals surface area contributed by atoms with Gasteiger partial charge in [0.05, 0.1) is 6.54 Å². The third-order valence-electron chi connectivity index (χ3n) is 3.40. The Bertz CT molecular complexity index is 613. The van der Waals surface area contributed by atoms with E-state index in [9.17, 15) is 4.79 Å². The summed E-state index contributed by atoms with van der Waals surface area (Å²) < 4.78 is 5.28. The van der Waals surface area contributed by atoms with E-state index in [1.807, 2.05) is 12.1 Å². The Morgan fingerprint density at radius 1 is 1.40 bits per heavy atom. The summed E-state index contributed by atoms with van der Waals surface area (Å²) in [7, 11) is 0. The summed E-state index contributed by atoms with van der Waals surface area (Å²) in [4.78, 5) is 15.5. The molecule has 1 amide bonds. The first-order valence-electron chi connectivity index (χ1n) is 6.59. The number of carbonyl (C=O) groups is 1. The monoisotopic (exact) mass is 272 g/mol. The van der Waals surface area contributed by atoms with Gasteiger partial charge in [-0.3, -0.25) is 10.1 Å². The highest BCUT2D eigenvalue weighted by Crippen LogP contribution is 2.15. The Morgan fingerprint density at radius 2 is 2.25 bits per heavy atom. The van der Waals surface area contributed by atoms with Crippen LogP contribution in [0.25, 0.3) is 0 Å². The molecule has 1 aliphatic rings. The van der Waals surface area contributed by atoms with Crippen LogP contribution >= 0.6 is 0 Å². The zero-order valence-corrected chi connectivity index (χ0v) is 11.2. The number of hydrogen-bond acceptors (Lipinski definition) is 5. The van der Waals surface area contributed by atoms with Crippen LogP contribution in [0.2, 0.25) is 0 Å². The van der Waals surface area contributed by atoms with Gasteiger partial charge >= 0.3 is 0 Å². The first kappa shape index (κ1) is 12.8. The SMILES string of the molecule is Cc1ccccc1Cc1noc(C2CNC(=O)CN2)n1. The summed E-state index contributed by atoms with van der Waals surface area (Å²) in [5, 5.41) is 9.84. The van der Waals surface area contributed by atoms with Crippen LogP contribution in [0, 0.1) is 6.92 Å². The molecule has 0 radical (unpaired) electrons. The van der Waals surface area contributed by atoms with Gasteiger partial charge < -0.3 is 9.84 Å². The normalized spacial score (nSPS) is 18.9. The van der Waals surface area contributed by atoms with E-state index >= 15 is 0 Å². The number of benzene rings is 1. The number of nitrogens with one attached hydrogen (secondary N) is 2. The molecule has 3 rings (SSSR count). The van der Waals surface area contributed by atoms with Crippen LogP contribution in [0.3, 0.4) is 0 Å². The Hall–Kier alpha value is -2.21. The van der Waals surface area contributed by atoms with Crippen molar-refractivity contribution in [3.8, 4) is 0 Å². The third-order valence-corrected chi connectivity index (χ3v) is 3.40. The lowest BCUT2D eigenvalue weighted by atomic mass is 10.1. The maximum absolute atomic E-state index is 11.1. The molecule has 1 unspecified atom stereocenters. The minimum atomic E-state index is -0.106. The lowest BCUT2D eigenvalue weighted by Crippen LogP contribution is -2.47. The summed E-state index contributed by atoms with van der Waals surface area (Å²) in [5.74, 6) is 1.17. The Labute approximate surface area is 116 Å².